The van der Waals surface area contributed by atoms with Gasteiger partial charge < -0.3 is 9.16 Å². The van der Waals surface area contributed by atoms with Gasteiger partial charge in [-0.2, -0.15) is 0 Å². The monoisotopic (exact) mass is 296 g/mol. The van der Waals surface area contributed by atoms with Crippen molar-refractivity contribution in [2.45, 2.75) is 71.5 Å². The zero-order valence-corrected chi connectivity index (χ0v) is 15.5. The van der Waals surface area contributed by atoms with Gasteiger partial charge >= 0.3 is 0 Å². The highest BCUT2D eigenvalue weighted by atomic mass is 28.4. The van der Waals surface area contributed by atoms with Gasteiger partial charge in [0, 0.05) is 13.5 Å². The molecule has 0 rings (SSSR count). The number of allylic oxidation sites excluding steroid dienone is 2. The van der Waals surface area contributed by atoms with Crippen molar-refractivity contribution in [3.8, 4) is 11.8 Å². The molecule has 0 atom stereocenters. The Labute approximate surface area is 127 Å². The lowest BCUT2D eigenvalue weighted by atomic mass is 10.3. The Morgan fingerprint density at radius 1 is 1.00 bits per heavy atom. The SMILES string of the molecule is COCC#CC/C=C(\C)O[Si](C(C)C)(C(C)C)C(C)C. The van der Waals surface area contributed by atoms with Gasteiger partial charge in [0.15, 0.2) is 0 Å². The Kier molecular flexibility index (Phi) is 8.92. The summed E-state index contributed by atoms with van der Waals surface area (Å²) in [7, 11) is -0.148. The van der Waals surface area contributed by atoms with Crippen molar-refractivity contribution in [1.29, 1.82) is 0 Å². The zero-order valence-electron chi connectivity index (χ0n) is 14.5. The van der Waals surface area contributed by atoms with E-state index in [0.717, 1.165) is 12.2 Å². The number of hydrogen-bond acceptors (Lipinski definition) is 2. The van der Waals surface area contributed by atoms with Crippen molar-refractivity contribution < 1.29 is 9.16 Å². The molecule has 0 spiro atoms. The molecular weight excluding hydrogens is 264 g/mol. The smallest absolute Gasteiger partial charge is 0.258 e. The first-order valence-corrected chi connectivity index (χ1v) is 9.73. The Bertz CT molecular complexity index is 337. The van der Waals surface area contributed by atoms with Crippen molar-refractivity contribution >= 4 is 8.32 Å². The van der Waals surface area contributed by atoms with Gasteiger partial charge in [-0.3, -0.25) is 0 Å². The van der Waals surface area contributed by atoms with E-state index in [1.807, 2.05) is 0 Å². The van der Waals surface area contributed by atoms with E-state index in [2.05, 4.69) is 66.4 Å². The van der Waals surface area contributed by atoms with E-state index in [-0.39, 0.29) is 0 Å². The highest BCUT2D eigenvalue weighted by molar-refractivity contribution is 6.77. The molecule has 0 aromatic heterocycles. The molecule has 3 heteroatoms. The van der Waals surface area contributed by atoms with E-state index in [4.69, 9.17) is 9.16 Å². The van der Waals surface area contributed by atoms with E-state index in [0.29, 0.717) is 23.2 Å². The summed E-state index contributed by atoms with van der Waals surface area (Å²) < 4.78 is 11.4. The van der Waals surface area contributed by atoms with Crippen molar-refractivity contribution in [3.05, 3.63) is 11.8 Å². The molecule has 0 amide bonds. The number of hydrogen-bond donors (Lipinski definition) is 0. The number of ether oxygens (including phenoxy) is 1. The Balaban J connectivity index is 4.92. The van der Waals surface area contributed by atoms with Crippen molar-refractivity contribution in [1.82, 2.24) is 0 Å². The predicted octanol–water partition coefficient (Wildman–Crippen LogP) is 5.12. The minimum absolute atomic E-state index is 0.496. The number of rotatable bonds is 7. The molecule has 0 saturated carbocycles. The van der Waals surface area contributed by atoms with Crippen LogP contribution in [0.25, 0.3) is 0 Å². The molecule has 0 N–H and O–H groups in total. The maximum Gasteiger partial charge on any atom is 0.258 e. The summed E-state index contributed by atoms with van der Waals surface area (Å²) in [4.78, 5) is 0. The van der Waals surface area contributed by atoms with Crippen molar-refractivity contribution in [2.75, 3.05) is 13.7 Å². The summed E-state index contributed by atoms with van der Waals surface area (Å²) in [6, 6.07) is 0. The first-order chi connectivity index (χ1) is 9.28. The lowest BCUT2D eigenvalue weighted by Crippen LogP contribution is -2.47. The van der Waals surface area contributed by atoms with Crippen LogP contribution < -0.4 is 0 Å². The molecule has 0 bridgehead atoms. The summed E-state index contributed by atoms with van der Waals surface area (Å²) >= 11 is 0. The molecule has 0 aliphatic rings. The normalized spacial score (nSPS) is 12.8. The third-order valence-electron chi connectivity index (χ3n) is 3.88. The largest absolute Gasteiger partial charge is 0.546 e. The van der Waals surface area contributed by atoms with E-state index in [1.165, 1.54) is 0 Å². The molecule has 0 aliphatic carbocycles. The Hall–Kier alpha value is -0.723. The fraction of sp³-hybridized carbons (Fsp3) is 0.765. The summed E-state index contributed by atoms with van der Waals surface area (Å²) in [5.74, 6) is 7.06. The zero-order chi connectivity index (χ0) is 15.8. The third-order valence-corrected chi connectivity index (χ3v) is 9.97. The average Bonchev–Trinajstić information content (AvgIpc) is 2.34. The second kappa shape index (κ2) is 9.26. The second-order valence-electron chi connectivity index (χ2n) is 6.23. The molecule has 0 heterocycles. The van der Waals surface area contributed by atoms with Gasteiger partial charge in [0.2, 0.25) is 0 Å². The average molecular weight is 297 g/mol. The fourth-order valence-corrected chi connectivity index (χ4v) is 8.41. The van der Waals surface area contributed by atoms with Gasteiger partial charge in [0.25, 0.3) is 8.32 Å². The molecule has 20 heavy (non-hydrogen) atoms. The van der Waals surface area contributed by atoms with Crippen molar-refractivity contribution in [3.63, 3.8) is 0 Å². The Morgan fingerprint density at radius 3 is 1.90 bits per heavy atom. The molecule has 0 radical (unpaired) electrons. The standard InChI is InChI=1S/C17H32O2Si/c1-14(2)20(15(3)4,16(5)6)19-17(7)12-10-9-11-13-18-8/h12,14-16H,10,13H2,1-8H3/b17-12+. The third kappa shape index (κ3) is 5.34. The van der Waals surface area contributed by atoms with Crippen LogP contribution in [0.3, 0.4) is 0 Å². The van der Waals surface area contributed by atoms with E-state index < -0.39 is 8.32 Å². The van der Waals surface area contributed by atoms with Crippen LogP contribution in [-0.4, -0.2) is 22.0 Å². The van der Waals surface area contributed by atoms with Crippen LogP contribution in [-0.2, 0) is 9.16 Å². The van der Waals surface area contributed by atoms with Gasteiger partial charge in [-0.25, -0.2) is 0 Å². The highest BCUT2D eigenvalue weighted by Gasteiger charge is 2.46. The van der Waals surface area contributed by atoms with Gasteiger partial charge in [0.05, 0.1) is 5.76 Å². The summed E-state index contributed by atoms with van der Waals surface area (Å²) in [6.45, 7) is 16.4. The molecule has 0 aromatic carbocycles. The minimum Gasteiger partial charge on any atom is -0.546 e. The number of methoxy groups -OCH3 is 1. The van der Waals surface area contributed by atoms with Crippen LogP contribution in [0, 0.1) is 11.8 Å². The van der Waals surface area contributed by atoms with Crippen LogP contribution in [0.15, 0.2) is 11.8 Å². The predicted molar refractivity (Wildman–Crippen MR) is 90.2 cm³/mol. The molecular formula is C17H32O2Si. The molecule has 0 saturated heterocycles. The van der Waals surface area contributed by atoms with Crippen LogP contribution in [0.2, 0.25) is 16.6 Å². The van der Waals surface area contributed by atoms with Gasteiger partial charge in [-0.1, -0.05) is 53.4 Å². The fourth-order valence-electron chi connectivity index (χ4n) is 3.06. The lowest BCUT2D eigenvalue weighted by molar-refractivity contribution is 0.239. The summed E-state index contributed by atoms with van der Waals surface area (Å²) in [5, 5.41) is 0. The second-order valence-corrected chi connectivity index (χ2v) is 11.6. The summed E-state index contributed by atoms with van der Waals surface area (Å²) in [6.07, 6.45) is 2.82. The molecule has 116 valence electrons. The van der Waals surface area contributed by atoms with E-state index >= 15 is 0 Å². The van der Waals surface area contributed by atoms with Crippen LogP contribution >= 0.6 is 0 Å². The molecule has 0 aliphatic heterocycles. The quantitative estimate of drug-likeness (QED) is 0.369. The van der Waals surface area contributed by atoms with E-state index in [1.54, 1.807) is 7.11 Å². The highest BCUT2D eigenvalue weighted by Crippen LogP contribution is 2.43. The Morgan fingerprint density at radius 2 is 1.50 bits per heavy atom. The minimum atomic E-state index is -1.81. The van der Waals surface area contributed by atoms with Gasteiger partial charge in [-0.15, -0.1) is 0 Å². The maximum absolute atomic E-state index is 6.53. The van der Waals surface area contributed by atoms with Crippen LogP contribution in [0.4, 0.5) is 0 Å². The van der Waals surface area contributed by atoms with E-state index in [9.17, 15) is 0 Å². The van der Waals surface area contributed by atoms with Gasteiger partial charge in [-0.05, 0) is 29.6 Å². The van der Waals surface area contributed by atoms with Crippen molar-refractivity contribution in [2.24, 2.45) is 0 Å². The van der Waals surface area contributed by atoms with Gasteiger partial charge in [0.1, 0.15) is 6.61 Å². The molecule has 0 aromatic rings. The maximum atomic E-state index is 6.53. The topological polar surface area (TPSA) is 18.5 Å². The van der Waals surface area contributed by atoms with Crippen LogP contribution in [0.1, 0.15) is 54.9 Å². The lowest BCUT2D eigenvalue weighted by Gasteiger charge is -2.42. The molecule has 2 nitrogen and oxygen atoms in total. The summed E-state index contributed by atoms with van der Waals surface area (Å²) in [5.41, 5.74) is 1.81. The molecule has 0 fully saturated rings. The van der Waals surface area contributed by atoms with Crippen LogP contribution in [0.5, 0.6) is 0 Å². The first-order valence-electron chi connectivity index (χ1n) is 7.59. The molecule has 0 unspecified atom stereocenters. The first kappa shape index (κ1) is 19.3.